The number of carbonyl (C=O) groups is 1. The molecule has 1 fully saturated rings. The second-order valence-corrected chi connectivity index (χ2v) is 7.03. The molecule has 1 heterocycles. The topological polar surface area (TPSA) is 32.3 Å². The maximum absolute atomic E-state index is 12.5. The van der Waals surface area contributed by atoms with Crippen molar-refractivity contribution in [3.63, 3.8) is 0 Å². The van der Waals surface area contributed by atoms with Crippen molar-refractivity contribution < 1.29 is 4.79 Å². The summed E-state index contributed by atoms with van der Waals surface area (Å²) in [5.41, 5.74) is 2.42. The molecule has 1 amide bonds. The van der Waals surface area contributed by atoms with Crippen molar-refractivity contribution in [1.82, 2.24) is 0 Å². The summed E-state index contributed by atoms with van der Waals surface area (Å²) in [5.74, 6) is -0.133. The molecule has 0 aliphatic carbocycles. The second kappa shape index (κ2) is 7.37. The van der Waals surface area contributed by atoms with E-state index in [-0.39, 0.29) is 5.91 Å². The molecule has 2 aromatic carbocycles. The molecule has 5 heteroatoms. The van der Waals surface area contributed by atoms with Crippen LogP contribution in [0.3, 0.4) is 0 Å². The van der Waals surface area contributed by atoms with Crippen molar-refractivity contribution in [3.05, 3.63) is 57.5 Å². The zero-order valence-corrected chi connectivity index (χ0v) is 15.0. The fourth-order valence-corrected chi connectivity index (χ4v) is 3.41. The Morgan fingerprint density at radius 1 is 1.09 bits per heavy atom. The number of halogens is 2. The molecule has 1 aliphatic heterocycles. The Morgan fingerprint density at radius 3 is 2.61 bits per heavy atom. The molecule has 120 valence electrons. The van der Waals surface area contributed by atoms with E-state index >= 15 is 0 Å². The highest BCUT2D eigenvalue weighted by molar-refractivity contribution is 9.10. The Bertz CT molecular complexity index is 714. The van der Waals surface area contributed by atoms with E-state index in [9.17, 15) is 4.79 Å². The van der Waals surface area contributed by atoms with Gasteiger partial charge in [-0.3, -0.25) is 4.79 Å². The molecular formula is C18H18BrClN2O. The first-order chi connectivity index (χ1) is 11.1. The predicted molar refractivity (Wildman–Crippen MR) is 99.6 cm³/mol. The molecular weight excluding hydrogens is 376 g/mol. The average Bonchev–Trinajstić information content (AvgIpc) is 2.56. The molecule has 0 atom stereocenters. The monoisotopic (exact) mass is 392 g/mol. The SMILES string of the molecule is O=C(Nc1cc(Cl)ccc1N1CCCCC1)c1cccc(Br)c1. The fourth-order valence-electron chi connectivity index (χ4n) is 2.84. The van der Waals surface area contributed by atoms with Crippen LogP contribution in [0, 0.1) is 0 Å². The van der Waals surface area contributed by atoms with E-state index in [1.165, 1.54) is 19.3 Å². The molecule has 0 saturated carbocycles. The average molecular weight is 394 g/mol. The van der Waals surface area contributed by atoms with Crippen molar-refractivity contribution in [2.75, 3.05) is 23.3 Å². The third-order valence-corrected chi connectivity index (χ3v) is 4.72. The summed E-state index contributed by atoms with van der Waals surface area (Å²) in [6, 6.07) is 13.0. The second-order valence-electron chi connectivity index (χ2n) is 5.67. The van der Waals surface area contributed by atoms with E-state index in [4.69, 9.17) is 11.6 Å². The molecule has 2 aromatic rings. The first kappa shape index (κ1) is 16.3. The van der Waals surface area contributed by atoms with Gasteiger partial charge in [-0.25, -0.2) is 0 Å². The summed E-state index contributed by atoms with van der Waals surface area (Å²) in [6.45, 7) is 2.03. The number of hydrogen-bond donors (Lipinski definition) is 1. The van der Waals surface area contributed by atoms with Gasteiger partial charge < -0.3 is 10.2 Å². The van der Waals surface area contributed by atoms with Gasteiger partial charge in [0.1, 0.15) is 0 Å². The quantitative estimate of drug-likeness (QED) is 0.763. The van der Waals surface area contributed by atoms with Crippen molar-refractivity contribution in [3.8, 4) is 0 Å². The van der Waals surface area contributed by atoms with Crippen LogP contribution < -0.4 is 10.2 Å². The van der Waals surface area contributed by atoms with Gasteiger partial charge in [0.05, 0.1) is 11.4 Å². The number of amides is 1. The number of nitrogens with one attached hydrogen (secondary N) is 1. The molecule has 0 spiro atoms. The number of piperidine rings is 1. The highest BCUT2D eigenvalue weighted by atomic mass is 79.9. The zero-order chi connectivity index (χ0) is 16.2. The minimum absolute atomic E-state index is 0.133. The summed E-state index contributed by atoms with van der Waals surface area (Å²) in [4.78, 5) is 14.8. The van der Waals surface area contributed by atoms with Crippen LogP contribution in [-0.4, -0.2) is 19.0 Å². The minimum atomic E-state index is -0.133. The molecule has 0 bridgehead atoms. The van der Waals surface area contributed by atoms with Gasteiger partial charge in [0.15, 0.2) is 0 Å². The summed E-state index contributed by atoms with van der Waals surface area (Å²) >= 11 is 9.53. The van der Waals surface area contributed by atoms with Crippen molar-refractivity contribution in [2.24, 2.45) is 0 Å². The lowest BCUT2D eigenvalue weighted by Gasteiger charge is -2.30. The number of benzene rings is 2. The first-order valence-electron chi connectivity index (χ1n) is 7.75. The molecule has 0 unspecified atom stereocenters. The van der Waals surface area contributed by atoms with E-state index in [0.29, 0.717) is 10.6 Å². The van der Waals surface area contributed by atoms with Crippen LogP contribution >= 0.6 is 27.5 Å². The van der Waals surface area contributed by atoms with E-state index in [1.54, 1.807) is 12.1 Å². The van der Waals surface area contributed by atoms with Crippen LogP contribution in [0.1, 0.15) is 29.6 Å². The van der Waals surface area contributed by atoms with E-state index in [1.807, 2.05) is 30.3 Å². The highest BCUT2D eigenvalue weighted by Crippen LogP contribution is 2.31. The molecule has 3 nitrogen and oxygen atoms in total. The molecule has 0 radical (unpaired) electrons. The lowest BCUT2D eigenvalue weighted by Crippen LogP contribution is -2.30. The standard InChI is InChI=1S/C18H18BrClN2O/c19-14-6-4-5-13(11-14)18(23)21-16-12-15(20)7-8-17(16)22-9-2-1-3-10-22/h4-8,11-12H,1-3,9-10H2,(H,21,23). The van der Waals surface area contributed by atoms with E-state index in [0.717, 1.165) is 28.9 Å². The Hall–Kier alpha value is -1.52. The number of rotatable bonds is 3. The smallest absolute Gasteiger partial charge is 0.255 e. The van der Waals surface area contributed by atoms with Crippen LogP contribution in [0.15, 0.2) is 46.9 Å². The van der Waals surface area contributed by atoms with Gasteiger partial charge in [-0.15, -0.1) is 0 Å². The van der Waals surface area contributed by atoms with Crippen molar-refractivity contribution >= 4 is 44.8 Å². The van der Waals surface area contributed by atoms with Gasteiger partial charge in [0.25, 0.3) is 5.91 Å². The van der Waals surface area contributed by atoms with Crippen LogP contribution in [0.4, 0.5) is 11.4 Å². The molecule has 3 rings (SSSR count). The maximum atomic E-state index is 12.5. The zero-order valence-electron chi connectivity index (χ0n) is 12.7. The number of hydrogen-bond acceptors (Lipinski definition) is 2. The van der Waals surface area contributed by atoms with Crippen LogP contribution in [0.25, 0.3) is 0 Å². The Kier molecular flexibility index (Phi) is 5.23. The van der Waals surface area contributed by atoms with Gasteiger partial charge >= 0.3 is 0 Å². The van der Waals surface area contributed by atoms with E-state index < -0.39 is 0 Å². The van der Waals surface area contributed by atoms with Crippen LogP contribution in [0.2, 0.25) is 5.02 Å². The number of nitrogens with zero attached hydrogens (tertiary/aromatic N) is 1. The van der Waals surface area contributed by atoms with Crippen molar-refractivity contribution in [1.29, 1.82) is 0 Å². The first-order valence-corrected chi connectivity index (χ1v) is 8.92. The third kappa shape index (κ3) is 4.06. The molecule has 1 saturated heterocycles. The Labute approximate surface area is 149 Å². The number of anilines is 2. The summed E-state index contributed by atoms with van der Waals surface area (Å²) in [6.07, 6.45) is 3.63. The third-order valence-electron chi connectivity index (χ3n) is 3.99. The summed E-state index contributed by atoms with van der Waals surface area (Å²) < 4.78 is 0.882. The summed E-state index contributed by atoms with van der Waals surface area (Å²) in [5, 5.41) is 3.63. The largest absolute Gasteiger partial charge is 0.370 e. The van der Waals surface area contributed by atoms with Gasteiger partial charge in [-0.05, 0) is 55.7 Å². The summed E-state index contributed by atoms with van der Waals surface area (Å²) in [7, 11) is 0. The van der Waals surface area contributed by atoms with Gasteiger partial charge in [-0.2, -0.15) is 0 Å². The van der Waals surface area contributed by atoms with Gasteiger partial charge in [0, 0.05) is 28.1 Å². The maximum Gasteiger partial charge on any atom is 0.255 e. The lowest BCUT2D eigenvalue weighted by molar-refractivity contribution is 0.102. The van der Waals surface area contributed by atoms with Crippen LogP contribution in [0.5, 0.6) is 0 Å². The van der Waals surface area contributed by atoms with Gasteiger partial charge in [0.2, 0.25) is 0 Å². The number of carbonyl (C=O) groups excluding carboxylic acids is 1. The lowest BCUT2D eigenvalue weighted by atomic mass is 10.1. The highest BCUT2D eigenvalue weighted by Gasteiger charge is 2.17. The Balaban J connectivity index is 1.86. The minimum Gasteiger partial charge on any atom is -0.370 e. The van der Waals surface area contributed by atoms with Crippen LogP contribution in [-0.2, 0) is 0 Å². The fraction of sp³-hybridized carbons (Fsp3) is 0.278. The normalized spacial score (nSPS) is 14.6. The van der Waals surface area contributed by atoms with E-state index in [2.05, 4.69) is 26.1 Å². The molecule has 1 aliphatic rings. The van der Waals surface area contributed by atoms with Gasteiger partial charge in [-0.1, -0.05) is 33.6 Å². The molecule has 23 heavy (non-hydrogen) atoms. The Morgan fingerprint density at radius 2 is 1.87 bits per heavy atom. The molecule has 1 N–H and O–H groups in total. The molecule has 0 aromatic heterocycles. The predicted octanol–water partition coefficient (Wildman–Crippen LogP) is 5.35. The van der Waals surface area contributed by atoms with Crippen molar-refractivity contribution in [2.45, 2.75) is 19.3 Å².